The van der Waals surface area contributed by atoms with Gasteiger partial charge in [-0.2, -0.15) is 5.26 Å². The summed E-state index contributed by atoms with van der Waals surface area (Å²) in [5.41, 5.74) is 0. The van der Waals surface area contributed by atoms with E-state index in [0.717, 1.165) is 0 Å². The van der Waals surface area contributed by atoms with Crippen molar-refractivity contribution in [3.8, 4) is 6.07 Å². The van der Waals surface area contributed by atoms with E-state index in [1.165, 1.54) is 14.2 Å². The number of sulfone groups is 1. The van der Waals surface area contributed by atoms with Crippen molar-refractivity contribution >= 4 is 9.84 Å². The van der Waals surface area contributed by atoms with Crippen LogP contribution in [0.3, 0.4) is 0 Å². The Morgan fingerprint density at radius 3 is 2.25 bits per heavy atom. The zero-order valence-corrected chi connectivity index (χ0v) is 7.80. The van der Waals surface area contributed by atoms with Gasteiger partial charge in [-0.1, -0.05) is 0 Å². The Labute approximate surface area is 71.8 Å². The summed E-state index contributed by atoms with van der Waals surface area (Å²) >= 11 is 0. The van der Waals surface area contributed by atoms with E-state index < -0.39 is 21.9 Å². The molecule has 12 heavy (non-hydrogen) atoms. The van der Waals surface area contributed by atoms with Crippen molar-refractivity contribution in [3.05, 3.63) is 0 Å². The van der Waals surface area contributed by atoms with E-state index in [1.807, 2.05) is 0 Å². The minimum atomic E-state index is -3.37. The molecule has 0 radical (unpaired) electrons. The highest BCUT2D eigenvalue weighted by molar-refractivity contribution is 7.91. The predicted molar refractivity (Wildman–Crippen MR) is 42.1 cm³/mol. The zero-order chi connectivity index (χ0) is 9.61. The van der Waals surface area contributed by atoms with Crippen LogP contribution in [-0.4, -0.2) is 40.4 Å². The fourth-order valence-electron chi connectivity index (χ4n) is 0.597. The van der Waals surface area contributed by atoms with Gasteiger partial charge in [0, 0.05) is 14.2 Å². The molecule has 0 bridgehead atoms. The van der Waals surface area contributed by atoms with Gasteiger partial charge in [-0.25, -0.2) is 8.42 Å². The third-order valence-electron chi connectivity index (χ3n) is 1.20. The van der Waals surface area contributed by atoms with Gasteiger partial charge in [-0.15, -0.1) is 0 Å². The van der Waals surface area contributed by atoms with Crippen LogP contribution < -0.4 is 0 Å². The Bertz CT molecular complexity index is 249. The van der Waals surface area contributed by atoms with Gasteiger partial charge >= 0.3 is 0 Å². The van der Waals surface area contributed by atoms with Gasteiger partial charge in [0.15, 0.2) is 16.1 Å². The van der Waals surface area contributed by atoms with Crippen molar-refractivity contribution in [1.29, 1.82) is 5.26 Å². The van der Waals surface area contributed by atoms with Gasteiger partial charge < -0.3 is 9.47 Å². The summed E-state index contributed by atoms with van der Waals surface area (Å²) in [6.07, 6.45) is -0.789. The normalized spacial score (nSPS) is 11.5. The van der Waals surface area contributed by atoms with E-state index in [0.29, 0.717) is 0 Å². The van der Waals surface area contributed by atoms with Crippen LogP contribution in [0.25, 0.3) is 0 Å². The molecule has 0 aromatic heterocycles. The lowest BCUT2D eigenvalue weighted by Crippen LogP contribution is -2.25. The quantitative estimate of drug-likeness (QED) is 0.552. The van der Waals surface area contributed by atoms with Crippen molar-refractivity contribution in [2.75, 3.05) is 25.7 Å². The van der Waals surface area contributed by atoms with Gasteiger partial charge in [0.2, 0.25) is 0 Å². The molecule has 0 rings (SSSR count). The van der Waals surface area contributed by atoms with Crippen LogP contribution in [0.1, 0.15) is 0 Å². The summed E-state index contributed by atoms with van der Waals surface area (Å²) in [5.74, 6) is -0.788. The van der Waals surface area contributed by atoms with Crippen LogP contribution in [0.15, 0.2) is 0 Å². The van der Waals surface area contributed by atoms with Gasteiger partial charge in [-0.3, -0.25) is 0 Å². The summed E-state index contributed by atoms with van der Waals surface area (Å²) < 4.78 is 31.3. The molecule has 0 N–H and O–H groups in total. The number of hydrogen-bond donors (Lipinski definition) is 0. The molecule has 0 amide bonds. The molecule has 0 saturated heterocycles. The maximum absolute atomic E-state index is 11.0. The largest absolute Gasteiger partial charge is 0.355 e. The van der Waals surface area contributed by atoms with E-state index in [2.05, 4.69) is 9.47 Å². The van der Waals surface area contributed by atoms with E-state index in [1.54, 1.807) is 6.07 Å². The van der Waals surface area contributed by atoms with Crippen LogP contribution >= 0.6 is 0 Å². The molecule has 0 spiro atoms. The van der Waals surface area contributed by atoms with Gasteiger partial charge in [0.05, 0.1) is 6.07 Å². The van der Waals surface area contributed by atoms with Gasteiger partial charge in [-0.05, 0) is 0 Å². The number of methoxy groups -OCH3 is 2. The standard InChI is InChI=1S/C6H11NO4S/c1-10-6(11-2)5-12(8,9)4-3-7/h6H,4-5H2,1-2H3. The summed E-state index contributed by atoms with van der Waals surface area (Å²) in [4.78, 5) is 0. The SMILES string of the molecule is COC(CS(=O)(=O)CC#N)OC. The smallest absolute Gasteiger partial charge is 0.170 e. The molecule has 0 aliphatic heterocycles. The third kappa shape index (κ3) is 4.28. The van der Waals surface area contributed by atoms with Crippen molar-refractivity contribution < 1.29 is 17.9 Å². The van der Waals surface area contributed by atoms with Gasteiger partial charge in [0.1, 0.15) is 11.5 Å². The first kappa shape index (κ1) is 11.4. The Hall–Kier alpha value is -0.640. The average Bonchev–Trinajstić information content (AvgIpc) is 2.00. The number of ether oxygens (including phenoxy) is 2. The first-order chi connectivity index (χ1) is 5.55. The van der Waals surface area contributed by atoms with Crippen LogP contribution in [0.2, 0.25) is 0 Å². The molecule has 6 heteroatoms. The maximum atomic E-state index is 11.0. The highest BCUT2D eigenvalue weighted by Gasteiger charge is 2.17. The Kier molecular flexibility index (Phi) is 4.81. The van der Waals surface area contributed by atoms with Crippen LogP contribution in [-0.2, 0) is 19.3 Å². The monoisotopic (exact) mass is 193 g/mol. The van der Waals surface area contributed by atoms with Crippen LogP contribution in [0.4, 0.5) is 0 Å². The highest BCUT2D eigenvalue weighted by Crippen LogP contribution is 1.98. The number of nitriles is 1. The topological polar surface area (TPSA) is 76.4 Å². The lowest BCUT2D eigenvalue weighted by Gasteiger charge is -2.11. The van der Waals surface area contributed by atoms with Crippen molar-refractivity contribution in [3.63, 3.8) is 0 Å². The highest BCUT2D eigenvalue weighted by atomic mass is 32.2. The van der Waals surface area contributed by atoms with E-state index >= 15 is 0 Å². The second-order valence-electron chi connectivity index (χ2n) is 2.11. The molecule has 0 fully saturated rings. The molecule has 0 saturated carbocycles. The number of rotatable bonds is 5. The molecular formula is C6H11NO4S. The predicted octanol–water partition coefficient (Wildman–Crippen LogP) is -0.456. The van der Waals surface area contributed by atoms with E-state index in [-0.39, 0.29) is 5.75 Å². The summed E-state index contributed by atoms with van der Waals surface area (Å²) in [6.45, 7) is 0. The fraction of sp³-hybridized carbons (Fsp3) is 0.833. The Balaban J connectivity index is 4.15. The summed E-state index contributed by atoms with van der Waals surface area (Å²) in [6, 6.07) is 1.56. The Morgan fingerprint density at radius 2 is 1.92 bits per heavy atom. The minimum absolute atomic E-state index is 0.284. The fourth-order valence-corrected chi connectivity index (χ4v) is 1.60. The third-order valence-corrected chi connectivity index (χ3v) is 2.55. The molecule has 0 atom stereocenters. The zero-order valence-electron chi connectivity index (χ0n) is 6.98. The molecule has 0 aliphatic rings. The number of hydrogen-bond acceptors (Lipinski definition) is 5. The van der Waals surface area contributed by atoms with E-state index in [9.17, 15) is 8.42 Å². The lowest BCUT2D eigenvalue weighted by molar-refractivity contribution is -0.0851. The van der Waals surface area contributed by atoms with Crippen LogP contribution in [0, 0.1) is 11.3 Å². The molecule has 0 aromatic carbocycles. The first-order valence-corrected chi connectivity index (χ1v) is 5.01. The molecule has 0 aromatic rings. The maximum Gasteiger partial charge on any atom is 0.170 e. The molecular weight excluding hydrogens is 182 g/mol. The minimum Gasteiger partial charge on any atom is -0.355 e. The second-order valence-corrected chi connectivity index (χ2v) is 4.22. The molecule has 5 nitrogen and oxygen atoms in total. The molecule has 0 aliphatic carbocycles. The summed E-state index contributed by atoms with van der Waals surface area (Å²) in [7, 11) is -0.680. The van der Waals surface area contributed by atoms with Crippen LogP contribution in [0.5, 0.6) is 0 Å². The summed E-state index contributed by atoms with van der Waals surface area (Å²) in [5, 5.41) is 8.15. The van der Waals surface area contributed by atoms with Crippen molar-refractivity contribution in [1.82, 2.24) is 0 Å². The first-order valence-electron chi connectivity index (χ1n) is 3.18. The molecule has 0 unspecified atom stereocenters. The second kappa shape index (κ2) is 5.09. The van der Waals surface area contributed by atoms with Crippen molar-refractivity contribution in [2.45, 2.75) is 6.29 Å². The molecule has 70 valence electrons. The Morgan fingerprint density at radius 1 is 1.42 bits per heavy atom. The molecule has 0 heterocycles. The van der Waals surface area contributed by atoms with Crippen molar-refractivity contribution in [2.24, 2.45) is 0 Å². The average molecular weight is 193 g/mol. The van der Waals surface area contributed by atoms with Gasteiger partial charge in [0.25, 0.3) is 0 Å². The lowest BCUT2D eigenvalue weighted by atomic mass is 10.7. The number of nitrogens with zero attached hydrogens (tertiary/aromatic N) is 1. The van der Waals surface area contributed by atoms with E-state index in [4.69, 9.17) is 5.26 Å².